The van der Waals surface area contributed by atoms with E-state index >= 15 is 0 Å². The highest BCUT2D eigenvalue weighted by molar-refractivity contribution is 6.28. The van der Waals surface area contributed by atoms with Crippen LogP contribution in [0.25, 0.3) is 11.0 Å². The summed E-state index contributed by atoms with van der Waals surface area (Å²) in [5, 5.41) is 7.97. The smallest absolute Gasteiger partial charge is 0.225 e. The second-order valence-corrected chi connectivity index (χ2v) is 6.09. The largest absolute Gasteiger partial charge is 0.380 e. The van der Waals surface area contributed by atoms with E-state index in [0.717, 1.165) is 35.4 Å². The molecule has 0 aliphatic carbocycles. The third kappa shape index (κ3) is 4.05. The van der Waals surface area contributed by atoms with Crippen LogP contribution in [0, 0.1) is 13.8 Å². The molecule has 25 heavy (non-hydrogen) atoms. The quantitative estimate of drug-likeness (QED) is 0.511. The van der Waals surface area contributed by atoms with Crippen molar-refractivity contribution in [1.29, 1.82) is 0 Å². The molecular weight excluding hydrogens is 340 g/mol. The fourth-order valence-corrected chi connectivity index (χ4v) is 2.75. The molecule has 0 fully saturated rings. The first-order valence-corrected chi connectivity index (χ1v) is 8.65. The van der Waals surface area contributed by atoms with Crippen LogP contribution in [0.3, 0.4) is 0 Å². The summed E-state index contributed by atoms with van der Waals surface area (Å²) >= 11 is 6.10. The highest BCUT2D eigenvalue weighted by atomic mass is 35.5. The topological polar surface area (TPSA) is 77.8 Å². The predicted molar refractivity (Wildman–Crippen MR) is 98.4 cm³/mol. The van der Waals surface area contributed by atoms with Crippen molar-refractivity contribution in [2.45, 2.75) is 33.7 Å². The van der Waals surface area contributed by atoms with Crippen LogP contribution in [0.15, 0.2) is 18.2 Å². The number of aryl methyl sites for hydroxylation is 2. The maximum absolute atomic E-state index is 6.10. The lowest BCUT2D eigenvalue weighted by atomic mass is 10.3. The third-order valence-electron chi connectivity index (χ3n) is 3.66. The minimum Gasteiger partial charge on any atom is -0.380 e. The molecule has 0 aliphatic heterocycles. The van der Waals surface area contributed by atoms with Crippen LogP contribution >= 0.6 is 11.6 Å². The molecule has 0 radical (unpaired) electrons. The lowest BCUT2D eigenvalue weighted by Gasteiger charge is -2.10. The first-order valence-electron chi connectivity index (χ1n) is 8.27. The molecule has 0 atom stereocenters. The summed E-state index contributed by atoms with van der Waals surface area (Å²) in [5.74, 6) is 1.29. The van der Waals surface area contributed by atoms with Crippen molar-refractivity contribution in [1.82, 2.24) is 24.7 Å². The first-order chi connectivity index (χ1) is 12.1. The van der Waals surface area contributed by atoms with Crippen molar-refractivity contribution in [3.8, 4) is 0 Å². The molecule has 0 amide bonds. The number of anilines is 2. The number of pyridine rings is 1. The normalized spacial score (nSPS) is 11.2. The fourth-order valence-electron chi connectivity index (χ4n) is 2.58. The monoisotopic (exact) mass is 360 g/mol. The summed E-state index contributed by atoms with van der Waals surface area (Å²) in [6.45, 7) is 7.86. The molecule has 7 nitrogen and oxygen atoms in total. The van der Waals surface area contributed by atoms with Crippen molar-refractivity contribution in [2.24, 2.45) is 0 Å². The minimum absolute atomic E-state index is 0.174. The summed E-state index contributed by atoms with van der Waals surface area (Å²) < 4.78 is 7.44. The van der Waals surface area contributed by atoms with E-state index in [-0.39, 0.29) is 5.28 Å². The van der Waals surface area contributed by atoms with E-state index in [1.807, 2.05) is 36.7 Å². The zero-order valence-electron chi connectivity index (χ0n) is 14.6. The summed E-state index contributed by atoms with van der Waals surface area (Å²) in [5.41, 5.74) is 3.24. The van der Waals surface area contributed by atoms with Crippen LogP contribution in [-0.2, 0) is 11.3 Å². The van der Waals surface area contributed by atoms with Crippen LogP contribution in [-0.4, -0.2) is 37.9 Å². The first kappa shape index (κ1) is 17.6. The van der Waals surface area contributed by atoms with E-state index in [1.165, 1.54) is 0 Å². The number of hydrogen-bond acceptors (Lipinski definition) is 6. The van der Waals surface area contributed by atoms with Crippen molar-refractivity contribution in [3.05, 3.63) is 34.9 Å². The van der Waals surface area contributed by atoms with Gasteiger partial charge in [-0.25, -0.2) is 9.97 Å². The van der Waals surface area contributed by atoms with Gasteiger partial charge < -0.3 is 10.1 Å². The number of rotatable bonds is 7. The van der Waals surface area contributed by atoms with Crippen LogP contribution in [0.1, 0.15) is 24.7 Å². The molecule has 0 saturated carbocycles. The molecule has 0 unspecified atom stereocenters. The van der Waals surface area contributed by atoms with Gasteiger partial charge in [-0.3, -0.25) is 4.68 Å². The van der Waals surface area contributed by atoms with Gasteiger partial charge in [-0.2, -0.15) is 10.1 Å². The Morgan fingerprint density at radius 1 is 1.16 bits per heavy atom. The molecule has 0 saturated heterocycles. The van der Waals surface area contributed by atoms with Gasteiger partial charge in [0.2, 0.25) is 5.28 Å². The zero-order chi connectivity index (χ0) is 17.8. The number of fused-ring (bicyclic) bond motifs is 1. The standard InChI is InChI=1S/C17H21ClN6O/c1-4-9-25-10-8-24-15-14(12(3)23-24)21-17(18)22-16(15)20-13-7-5-6-11(2)19-13/h5-7H,4,8-10H2,1-3H3,(H,19,20,21,22). The number of nitrogens with one attached hydrogen (secondary N) is 1. The van der Waals surface area contributed by atoms with E-state index in [2.05, 4.69) is 32.3 Å². The Bertz CT molecular complexity index is 879. The number of aromatic nitrogens is 5. The van der Waals surface area contributed by atoms with E-state index in [4.69, 9.17) is 16.3 Å². The van der Waals surface area contributed by atoms with Crippen LogP contribution < -0.4 is 5.32 Å². The molecule has 0 aromatic carbocycles. The van der Waals surface area contributed by atoms with E-state index in [9.17, 15) is 0 Å². The zero-order valence-corrected chi connectivity index (χ0v) is 15.3. The summed E-state index contributed by atoms with van der Waals surface area (Å²) in [7, 11) is 0. The molecule has 1 N–H and O–H groups in total. The summed E-state index contributed by atoms with van der Waals surface area (Å²) in [6.07, 6.45) is 0.990. The lowest BCUT2D eigenvalue weighted by Crippen LogP contribution is -2.10. The number of nitrogens with zero attached hydrogens (tertiary/aromatic N) is 5. The Morgan fingerprint density at radius 3 is 2.76 bits per heavy atom. The van der Waals surface area contributed by atoms with Crippen molar-refractivity contribution >= 4 is 34.3 Å². The van der Waals surface area contributed by atoms with Gasteiger partial charge >= 0.3 is 0 Å². The van der Waals surface area contributed by atoms with E-state index in [1.54, 1.807) is 0 Å². The van der Waals surface area contributed by atoms with Gasteiger partial charge in [0.15, 0.2) is 5.82 Å². The molecule has 0 spiro atoms. The maximum Gasteiger partial charge on any atom is 0.225 e. The van der Waals surface area contributed by atoms with E-state index < -0.39 is 0 Å². The highest BCUT2D eigenvalue weighted by Crippen LogP contribution is 2.26. The van der Waals surface area contributed by atoms with Gasteiger partial charge in [-0.1, -0.05) is 13.0 Å². The Kier molecular flexibility index (Phi) is 5.45. The Labute approximate surface area is 151 Å². The van der Waals surface area contributed by atoms with E-state index in [0.29, 0.717) is 24.8 Å². The van der Waals surface area contributed by atoms with Gasteiger partial charge in [0, 0.05) is 12.3 Å². The molecule has 8 heteroatoms. The molecule has 0 aliphatic rings. The van der Waals surface area contributed by atoms with Gasteiger partial charge in [0.05, 0.1) is 18.8 Å². The Hall–Kier alpha value is -2.25. The van der Waals surface area contributed by atoms with Crippen molar-refractivity contribution < 1.29 is 4.74 Å². The summed E-state index contributed by atoms with van der Waals surface area (Å²) in [4.78, 5) is 13.1. The van der Waals surface area contributed by atoms with Gasteiger partial charge in [-0.05, 0) is 44.0 Å². The highest BCUT2D eigenvalue weighted by Gasteiger charge is 2.16. The molecule has 3 aromatic heterocycles. The van der Waals surface area contributed by atoms with Crippen LogP contribution in [0.5, 0.6) is 0 Å². The second kappa shape index (κ2) is 7.76. The maximum atomic E-state index is 6.10. The van der Waals surface area contributed by atoms with Crippen molar-refractivity contribution in [3.63, 3.8) is 0 Å². The number of halogens is 1. The van der Waals surface area contributed by atoms with Gasteiger partial charge in [0.1, 0.15) is 16.9 Å². The molecule has 3 rings (SSSR count). The Balaban J connectivity index is 1.98. The number of hydrogen-bond donors (Lipinski definition) is 1. The minimum atomic E-state index is 0.174. The SMILES string of the molecule is CCCOCCn1nc(C)c2nc(Cl)nc(Nc3cccc(C)n3)c21. The molecule has 0 bridgehead atoms. The summed E-state index contributed by atoms with van der Waals surface area (Å²) in [6, 6.07) is 5.76. The molecule has 132 valence electrons. The molecular formula is C17H21ClN6O. The van der Waals surface area contributed by atoms with Crippen LogP contribution in [0.2, 0.25) is 5.28 Å². The average molecular weight is 361 g/mol. The second-order valence-electron chi connectivity index (χ2n) is 5.75. The predicted octanol–water partition coefficient (Wildman–Crippen LogP) is 3.66. The lowest BCUT2D eigenvalue weighted by molar-refractivity contribution is 0.125. The third-order valence-corrected chi connectivity index (χ3v) is 3.83. The van der Waals surface area contributed by atoms with Crippen LogP contribution in [0.4, 0.5) is 11.6 Å². The fraction of sp³-hybridized carbons (Fsp3) is 0.412. The number of ether oxygens (including phenoxy) is 1. The molecule has 3 aromatic rings. The average Bonchev–Trinajstić information content (AvgIpc) is 2.88. The van der Waals surface area contributed by atoms with Crippen molar-refractivity contribution in [2.75, 3.05) is 18.5 Å². The van der Waals surface area contributed by atoms with Gasteiger partial charge in [-0.15, -0.1) is 0 Å². The molecule has 3 heterocycles. The van der Waals surface area contributed by atoms with Gasteiger partial charge in [0.25, 0.3) is 0 Å². The Morgan fingerprint density at radius 2 is 2.00 bits per heavy atom.